The van der Waals surface area contributed by atoms with Crippen LogP contribution in [-0.4, -0.2) is 57.1 Å². The second-order valence-corrected chi connectivity index (χ2v) is 13.4. The summed E-state index contributed by atoms with van der Waals surface area (Å²) in [6.45, 7) is 19.9. The first-order valence-corrected chi connectivity index (χ1v) is 11.6. The van der Waals surface area contributed by atoms with Crippen molar-refractivity contribution in [3.8, 4) is 0 Å². The number of alkyl carbamates (subject to hydrolysis) is 1. The van der Waals surface area contributed by atoms with Crippen molar-refractivity contribution >= 4 is 14.4 Å². The standard InChI is InChI=1S/C18H37NO5Si/c1-10-11-22-13-14(19-16(21)23-17(2,3)4)15(12-20)24-25(8,9)18(5,6)7/h10,14-15,20H,1,11-13H2,2-9H3,(H,19,21)/t14-,15+/m0/s1. The van der Waals surface area contributed by atoms with E-state index in [-0.39, 0.29) is 18.3 Å². The average molecular weight is 376 g/mol. The predicted molar refractivity (Wildman–Crippen MR) is 103 cm³/mol. The van der Waals surface area contributed by atoms with Gasteiger partial charge in [-0.25, -0.2) is 4.79 Å². The lowest BCUT2D eigenvalue weighted by Crippen LogP contribution is -2.55. The van der Waals surface area contributed by atoms with E-state index >= 15 is 0 Å². The molecule has 1 amide bonds. The summed E-state index contributed by atoms with van der Waals surface area (Å²) in [6, 6.07) is -0.520. The Kier molecular flexibility index (Phi) is 9.36. The molecule has 2 atom stereocenters. The molecule has 0 spiro atoms. The number of hydrogen-bond acceptors (Lipinski definition) is 5. The van der Waals surface area contributed by atoms with Gasteiger partial charge in [0.2, 0.25) is 0 Å². The Labute approximate surface area is 154 Å². The zero-order valence-electron chi connectivity index (χ0n) is 17.1. The van der Waals surface area contributed by atoms with E-state index in [9.17, 15) is 9.90 Å². The van der Waals surface area contributed by atoms with Gasteiger partial charge in [0.25, 0.3) is 0 Å². The number of aliphatic hydroxyl groups is 1. The van der Waals surface area contributed by atoms with Gasteiger partial charge in [-0.2, -0.15) is 0 Å². The number of carbonyl (C=O) groups is 1. The van der Waals surface area contributed by atoms with E-state index < -0.39 is 32.2 Å². The lowest BCUT2D eigenvalue weighted by atomic mass is 10.2. The van der Waals surface area contributed by atoms with Crippen LogP contribution in [0.5, 0.6) is 0 Å². The highest BCUT2D eigenvalue weighted by molar-refractivity contribution is 6.74. The molecule has 0 aromatic heterocycles. The van der Waals surface area contributed by atoms with Crippen LogP contribution < -0.4 is 5.32 Å². The molecule has 0 unspecified atom stereocenters. The monoisotopic (exact) mass is 375 g/mol. The van der Waals surface area contributed by atoms with Crippen molar-refractivity contribution in [1.82, 2.24) is 5.32 Å². The molecule has 7 heteroatoms. The minimum absolute atomic E-state index is 0.0150. The summed E-state index contributed by atoms with van der Waals surface area (Å²) in [5, 5.41) is 12.6. The zero-order valence-corrected chi connectivity index (χ0v) is 18.1. The minimum atomic E-state index is -2.12. The topological polar surface area (TPSA) is 77.0 Å². The molecule has 0 aromatic carbocycles. The third-order valence-electron chi connectivity index (χ3n) is 4.12. The highest BCUT2D eigenvalue weighted by atomic mass is 28.4. The molecule has 0 bridgehead atoms. The van der Waals surface area contributed by atoms with Crippen molar-refractivity contribution in [1.29, 1.82) is 0 Å². The van der Waals surface area contributed by atoms with E-state index in [1.54, 1.807) is 26.8 Å². The van der Waals surface area contributed by atoms with Crippen molar-refractivity contribution in [2.75, 3.05) is 19.8 Å². The summed E-state index contributed by atoms with van der Waals surface area (Å²) < 4.78 is 17.1. The molecule has 0 saturated heterocycles. The molecule has 2 N–H and O–H groups in total. The molecular weight excluding hydrogens is 338 g/mol. The molecule has 0 aromatic rings. The van der Waals surface area contributed by atoms with Crippen LogP contribution in [0.15, 0.2) is 12.7 Å². The first-order chi connectivity index (χ1) is 11.2. The van der Waals surface area contributed by atoms with Gasteiger partial charge in [0.15, 0.2) is 8.32 Å². The van der Waals surface area contributed by atoms with Gasteiger partial charge in [-0.15, -0.1) is 6.58 Å². The number of rotatable bonds is 9. The Bertz CT molecular complexity index is 426. The van der Waals surface area contributed by atoms with Crippen molar-refractivity contribution in [2.24, 2.45) is 0 Å². The fraction of sp³-hybridized carbons (Fsp3) is 0.833. The van der Waals surface area contributed by atoms with E-state index in [2.05, 4.69) is 45.8 Å². The average Bonchev–Trinajstić information content (AvgIpc) is 2.40. The number of amides is 1. The van der Waals surface area contributed by atoms with Crippen LogP contribution in [0.1, 0.15) is 41.5 Å². The number of ether oxygens (including phenoxy) is 2. The Morgan fingerprint density at radius 3 is 2.20 bits per heavy atom. The summed E-state index contributed by atoms with van der Waals surface area (Å²) >= 11 is 0. The number of carbonyl (C=O) groups excluding carboxylic acids is 1. The fourth-order valence-electron chi connectivity index (χ4n) is 1.78. The SMILES string of the molecule is C=CCOC[C@H](NC(=O)OC(C)(C)C)[C@@H](CO)O[Si](C)(C)C(C)(C)C. The molecule has 0 rings (SSSR count). The quantitative estimate of drug-likeness (QED) is 0.367. The largest absolute Gasteiger partial charge is 0.444 e. The van der Waals surface area contributed by atoms with Crippen LogP contribution in [-0.2, 0) is 13.9 Å². The maximum Gasteiger partial charge on any atom is 0.408 e. The number of hydrogen-bond donors (Lipinski definition) is 2. The maximum absolute atomic E-state index is 12.1. The van der Waals surface area contributed by atoms with Crippen molar-refractivity contribution in [3.63, 3.8) is 0 Å². The van der Waals surface area contributed by atoms with Crippen LogP contribution in [0.4, 0.5) is 4.79 Å². The maximum atomic E-state index is 12.1. The zero-order chi connectivity index (χ0) is 19.9. The van der Waals surface area contributed by atoms with Gasteiger partial charge < -0.3 is 24.3 Å². The van der Waals surface area contributed by atoms with Gasteiger partial charge in [0.1, 0.15) is 5.60 Å². The van der Waals surface area contributed by atoms with Crippen LogP contribution >= 0.6 is 0 Å². The summed E-state index contributed by atoms with van der Waals surface area (Å²) in [5.41, 5.74) is -0.606. The van der Waals surface area contributed by atoms with Gasteiger partial charge in [-0.3, -0.25) is 0 Å². The second kappa shape index (κ2) is 9.71. The number of nitrogens with one attached hydrogen (secondary N) is 1. The number of aliphatic hydroxyl groups excluding tert-OH is 1. The molecule has 0 saturated carbocycles. The molecule has 0 aliphatic carbocycles. The van der Waals surface area contributed by atoms with Gasteiger partial charge in [-0.05, 0) is 38.9 Å². The van der Waals surface area contributed by atoms with Gasteiger partial charge >= 0.3 is 6.09 Å². The summed E-state index contributed by atoms with van der Waals surface area (Å²) in [6.07, 6.45) is 0.503. The van der Waals surface area contributed by atoms with Crippen molar-refractivity contribution < 1.29 is 23.8 Å². The van der Waals surface area contributed by atoms with Gasteiger partial charge in [0, 0.05) is 0 Å². The van der Waals surface area contributed by atoms with Crippen LogP contribution in [0.2, 0.25) is 18.1 Å². The highest BCUT2D eigenvalue weighted by Crippen LogP contribution is 2.37. The molecular formula is C18H37NO5Si. The lowest BCUT2D eigenvalue weighted by molar-refractivity contribution is 0.0146. The molecule has 0 radical (unpaired) electrons. The molecule has 148 valence electrons. The molecule has 25 heavy (non-hydrogen) atoms. The van der Waals surface area contributed by atoms with Gasteiger partial charge in [-0.1, -0.05) is 26.8 Å². The summed E-state index contributed by atoms with van der Waals surface area (Å²) in [4.78, 5) is 12.1. The molecule has 6 nitrogen and oxygen atoms in total. The van der Waals surface area contributed by atoms with Gasteiger partial charge in [0.05, 0.1) is 32.0 Å². The van der Waals surface area contributed by atoms with E-state index in [1.807, 2.05) is 0 Å². The van der Waals surface area contributed by atoms with E-state index in [0.29, 0.717) is 6.61 Å². The normalized spacial score (nSPS) is 15.4. The lowest BCUT2D eigenvalue weighted by Gasteiger charge is -2.41. The first-order valence-electron chi connectivity index (χ1n) is 8.70. The summed E-state index contributed by atoms with van der Waals surface area (Å²) in [5.74, 6) is 0. The minimum Gasteiger partial charge on any atom is -0.444 e. The Balaban J connectivity index is 5.19. The highest BCUT2D eigenvalue weighted by Gasteiger charge is 2.41. The molecule has 0 aliphatic rings. The smallest absolute Gasteiger partial charge is 0.408 e. The second-order valence-electron chi connectivity index (χ2n) is 8.68. The third kappa shape index (κ3) is 9.39. The van der Waals surface area contributed by atoms with Crippen LogP contribution in [0.25, 0.3) is 0 Å². The van der Waals surface area contributed by atoms with E-state index in [0.717, 1.165) is 0 Å². The van der Waals surface area contributed by atoms with E-state index in [4.69, 9.17) is 13.9 Å². The Morgan fingerprint density at radius 2 is 1.80 bits per heavy atom. The summed E-state index contributed by atoms with van der Waals surface area (Å²) in [7, 11) is -2.12. The molecule has 0 heterocycles. The van der Waals surface area contributed by atoms with Crippen LogP contribution in [0, 0.1) is 0 Å². The Hall–Kier alpha value is -0.893. The fourth-order valence-corrected chi connectivity index (χ4v) is 3.13. The van der Waals surface area contributed by atoms with Crippen molar-refractivity contribution in [3.05, 3.63) is 12.7 Å². The van der Waals surface area contributed by atoms with E-state index in [1.165, 1.54) is 0 Å². The predicted octanol–water partition coefficient (Wildman–Crippen LogP) is 3.47. The molecule has 0 fully saturated rings. The molecule has 0 aliphatic heterocycles. The Morgan fingerprint density at radius 1 is 1.24 bits per heavy atom. The van der Waals surface area contributed by atoms with Crippen molar-refractivity contribution in [2.45, 2.75) is 77.4 Å². The van der Waals surface area contributed by atoms with Crippen LogP contribution in [0.3, 0.4) is 0 Å². The first kappa shape index (κ1) is 24.1. The third-order valence-corrected chi connectivity index (χ3v) is 8.62.